The lowest BCUT2D eigenvalue weighted by Gasteiger charge is -2.13. The Labute approximate surface area is 463 Å². The molecule has 0 radical (unpaired) electrons. The van der Waals surface area contributed by atoms with Gasteiger partial charge >= 0.3 is 11.9 Å². The van der Waals surface area contributed by atoms with Gasteiger partial charge in [0.25, 0.3) is 0 Å². The van der Waals surface area contributed by atoms with E-state index in [1.807, 2.05) is 51.3 Å². The van der Waals surface area contributed by atoms with Gasteiger partial charge in [-0.2, -0.15) is 10.5 Å². The number of ketones is 2. The molecule has 20 heteroatoms. The molecule has 77 heavy (non-hydrogen) atoms. The number of aromatic carboxylic acids is 1. The second kappa shape index (κ2) is 25.1. The molecule has 1 N–H and O–H groups in total. The number of hydrogen-bond donors (Lipinski definition) is 1. The van der Waals surface area contributed by atoms with E-state index in [1.54, 1.807) is 115 Å². The van der Waals surface area contributed by atoms with Crippen molar-refractivity contribution in [1.29, 1.82) is 10.5 Å². The van der Waals surface area contributed by atoms with Crippen molar-refractivity contribution in [2.45, 2.75) is 25.7 Å². The quantitative estimate of drug-likeness (QED) is 0.120. The summed E-state index contributed by atoms with van der Waals surface area (Å²) in [6.07, 6.45) is 14.4. The number of rotatable bonds is 11. The zero-order valence-corrected chi connectivity index (χ0v) is 45.2. The van der Waals surface area contributed by atoms with Gasteiger partial charge < -0.3 is 18.6 Å². The lowest BCUT2D eigenvalue weighted by Crippen LogP contribution is -2.11. The Kier molecular flexibility index (Phi) is 17.7. The minimum Gasteiger partial charge on any atom is -0.477 e. The number of ether oxygens (including phenoxy) is 1. The highest BCUT2D eigenvalue weighted by atomic mass is 79.9. The molecule has 382 valence electrons. The zero-order chi connectivity index (χ0) is 54.6. The maximum absolute atomic E-state index is 13.3. The largest absolute Gasteiger partial charge is 0.477 e. The van der Waals surface area contributed by atoms with E-state index in [9.17, 15) is 23.6 Å². The van der Waals surface area contributed by atoms with Crippen molar-refractivity contribution < 1.29 is 33.4 Å². The maximum Gasteiger partial charge on any atom is 0.356 e. The molecule has 3 aromatic carbocycles. The third-order valence-electron chi connectivity index (χ3n) is 11.8. The van der Waals surface area contributed by atoms with Crippen LogP contribution >= 0.6 is 47.8 Å². The van der Waals surface area contributed by atoms with Crippen molar-refractivity contribution in [2.75, 3.05) is 7.11 Å². The number of nitrogens with zero attached hydrogens (tertiary/aromatic N) is 10. The highest BCUT2D eigenvalue weighted by Crippen LogP contribution is 2.27. The van der Waals surface area contributed by atoms with Gasteiger partial charge in [0.2, 0.25) is 0 Å². The summed E-state index contributed by atoms with van der Waals surface area (Å²) in [4.78, 5) is 63.5. The molecule has 8 heterocycles. The molecule has 0 saturated carbocycles. The first-order valence-electron chi connectivity index (χ1n) is 23.1. The maximum atomic E-state index is 13.3. The smallest absolute Gasteiger partial charge is 0.356 e. The van der Waals surface area contributed by atoms with Gasteiger partial charge in [-0.1, -0.05) is 42.5 Å². The van der Waals surface area contributed by atoms with Crippen molar-refractivity contribution in [2.24, 2.45) is 0 Å². The van der Waals surface area contributed by atoms with E-state index in [2.05, 4.69) is 84.6 Å². The van der Waals surface area contributed by atoms with Crippen molar-refractivity contribution in [3.05, 3.63) is 236 Å². The predicted molar refractivity (Wildman–Crippen MR) is 295 cm³/mol. The molecule has 0 saturated heterocycles. The van der Waals surface area contributed by atoms with Crippen LogP contribution in [0.15, 0.2) is 185 Å². The number of fused-ring (bicyclic) bond motifs is 4. The van der Waals surface area contributed by atoms with E-state index >= 15 is 0 Å². The number of esters is 1. The third-order valence-corrected chi connectivity index (χ3v) is 13.8. The van der Waals surface area contributed by atoms with Crippen LogP contribution in [0.25, 0.3) is 33.2 Å². The fourth-order valence-electron chi connectivity index (χ4n) is 8.10. The number of methoxy groups -OCH3 is 1. The van der Waals surface area contributed by atoms with Gasteiger partial charge in [0, 0.05) is 56.1 Å². The monoisotopic (exact) mass is 1220 g/mol. The Bertz CT molecular complexity index is 4050. The molecule has 0 aliphatic heterocycles. The number of Topliss-reactive ketones (excluding diaryl/α,β-unsaturated/α-hetero) is 2. The lowest BCUT2D eigenvalue weighted by atomic mass is 9.98. The lowest BCUT2D eigenvalue weighted by molar-refractivity contribution is -0.118. The first kappa shape index (κ1) is 54.3. The number of carbonyl (C=O) groups excluding carboxylic acids is 3. The number of pyridine rings is 4. The van der Waals surface area contributed by atoms with Crippen LogP contribution in [0.5, 0.6) is 0 Å². The zero-order valence-electron chi connectivity index (χ0n) is 40.5. The molecule has 0 bridgehead atoms. The number of benzene rings is 3. The van der Waals surface area contributed by atoms with E-state index in [0.29, 0.717) is 38.6 Å². The van der Waals surface area contributed by atoms with Gasteiger partial charge in [0.15, 0.2) is 0 Å². The van der Waals surface area contributed by atoms with Crippen molar-refractivity contribution >= 4 is 93.4 Å². The Hall–Kier alpha value is -8.95. The van der Waals surface area contributed by atoms with Gasteiger partial charge in [-0.05, 0) is 143 Å². The summed E-state index contributed by atoms with van der Waals surface area (Å²) in [5.74, 6) is -1.50. The van der Waals surface area contributed by atoms with Crippen molar-refractivity contribution in [1.82, 2.24) is 37.5 Å². The summed E-state index contributed by atoms with van der Waals surface area (Å²) in [5.41, 5.74) is 10.5. The Morgan fingerprint density at radius 3 is 1.39 bits per heavy atom. The van der Waals surface area contributed by atoms with E-state index in [1.165, 1.54) is 30.0 Å². The molecule has 11 rings (SSSR count). The average Bonchev–Trinajstić information content (AvgIpc) is 4.29. The first-order chi connectivity index (χ1) is 37.2. The average molecular weight is 1220 g/mol. The number of carbonyl (C=O) groups is 4. The summed E-state index contributed by atoms with van der Waals surface area (Å²) in [5, 5.41) is 26.6. The summed E-state index contributed by atoms with van der Waals surface area (Å²) >= 11 is 9.97. The number of carboxylic acid groups (broad SMARTS) is 1. The van der Waals surface area contributed by atoms with Crippen LogP contribution < -0.4 is 0 Å². The number of halogens is 4. The minimum absolute atomic E-state index is 0.0502. The van der Waals surface area contributed by atoms with Crippen molar-refractivity contribution in [3.63, 3.8) is 0 Å². The highest BCUT2D eigenvalue weighted by Gasteiger charge is 2.17. The van der Waals surface area contributed by atoms with Crippen LogP contribution in [0.4, 0.5) is 4.39 Å². The summed E-state index contributed by atoms with van der Waals surface area (Å²) in [6, 6.07) is 39.4. The molecular weight excluding hydrogens is 1180 g/mol. The van der Waals surface area contributed by atoms with E-state index in [4.69, 9.17) is 15.6 Å². The second-order valence-corrected chi connectivity index (χ2v) is 19.4. The third kappa shape index (κ3) is 13.1. The van der Waals surface area contributed by atoms with Crippen LogP contribution in [-0.2, 0) is 40.0 Å². The second-order valence-electron chi connectivity index (χ2n) is 16.8. The van der Waals surface area contributed by atoms with Gasteiger partial charge in [0.1, 0.15) is 28.8 Å². The van der Waals surface area contributed by atoms with Crippen LogP contribution in [0, 0.1) is 28.5 Å². The molecule has 16 nitrogen and oxygen atoms in total. The topological polar surface area (TPSA) is 215 Å². The summed E-state index contributed by atoms with van der Waals surface area (Å²) in [6.45, 7) is 0. The summed E-state index contributed by atoms with van der Waals surface area (Å²) < 4.78 is 27.1. The molecule has 0 fully saturated rings. The highest BCUT2D eigenvalue weighted by molar-refractivity contribution is 9.11. The molecule has 0 atom stereocenters. The number of aromatic nitrogens is 8. The van der Waals surface area contributed by atoms with Gasteiger partial charge in [-0.25, -0.2) is 33.9 Å². The number of nitriles is 2. The number of carboxylic acids is 1. The molecular formula is C57H40Br3FN10O6. The van der Waals surface area contributed by atoms with Crippen LogP contribution in [0.2, 0.25) is 0 Å². The van der Waals surface area contributed by atoms with E-state index in [0.717, 1.165) is 60.2 Å². The minimum atomic E-state index is -0.976. The predicted octanol–water partition coefficient (Wildman–Crippen LogP) is 11.4. The number of imidazole rings is 4. The molecule has 11 aromatic rings. The normalized spacial score (nSPS) is 10.6. The Morgan fingerprint density at radius 2 is 0.922 bits per heavy atom. The molecule has 0 unspecified atom stereocenters. The first-order valence-corrected chi connectivity index (χ1v) is 25.5. The van der Waals surface area contributed by atoms with E-state index in [-0.39, 0.29) is 41.9 Å². The molecule has 0 aliphatic carbocycles. The van der Waals surface area contributed by atoms with Crippen LogP contribution in [-0.4, -0.2) is 73.3 Å². The van der Waals surface area contributed by atoms with Gasteiger partial charge in [-0.15, -0.1) is 0 Å². The van der Waals surface area contributed by atoms with Crippen LogP contribution in [0.1, 0.15) is 54.6 Å². The van der Waals surface area contributed by atoms with Crippen LogP contribution in [0.3, 0.4) is 0 Å². The standard InChI is InChI=1S/C23H16FN3O.C17H12BrN3O.C9H7BrN2O2.C8H5BrN2O2/c24-19-7-5-18(6-8-19)22-10-9-20-14-26-15-27(20)23(22)12-21(28)11-16-1-3-17(13-25)4-2-16;18-16-6-5-14-10-20-11-21(14)17(16)8-15(22)7-12-1-3-13(9-19)4-2-12;1-14-9(13)8-7(10)3-2-6-4-11-5-12(6)8;9-6-2-1-5-3-10-4-11(5)7(6)8(12)13/h1-10,14-15H,11-12H2;1-6,10-11H,7-8H2;2-5H,1H3;1-4H,(H,12,13). The molecule has 0 aliphatic rings. The molecule has 8 aromatic heterocycles. The SMILES string of the molecule is COC(=O)c1c(Br)ccc2cncn12.N#Cc1ccc(CC(=O)Cc2c(-c3ccc(F)cc3)ccc3cncn23)cc1.N#Cc1ccc(CC(=O)Cc2c(Br)ccc3cncn23)cc1.O=C(O)c1c(Br)ccc2cncn12. The fraction of sp³-hybridized carbons (Fsp3) is 0.0877. The van der Waals surface area contributed by atoms with Crippen molar-refractivity contribution in [3.8, 4) is 23.3 Å². The van der Waals surface area contributed by atoms with Gasteiger partial charge in [-0.3, -0.25) is 18.4 Å². The molecule has 0 spiro atoms. The summed E-state index contributed by atoms with van der Waals surface area (Å²) in [7, 11) is 1.35. The fourth-order valence-corrected chi connectivity index (χ4v) is 9.54. The van der Waals surface area contributed by atoms with E-state index < -0.39 is 5.97 Å². The Balaban J connectivity index is 0.000000142. The molecule has 0 amide bonds. The Morgan fingerprint density at radius 1 is 0.519 bits per heavy atom. The number of hydrogen-bond acceptors (Lipinski definition) is 11. The van der Waals surface area contributed by atoms with Gasteiger partial charge in [0.05, 0.1) is 103 Å².